The van der Waals surface area contributed by atoms with Gasteiger partial charge in [0.1, 0.15) is 0 Å². The van der Waals surface area contributed by atoms with Crippen molar-refractivity contribution in [2.75, 3.05) is 11.5 Å². The van der Waals surface area contributed by atoms with E-state index < -0.39 is 23.7 Å². The first-order chi connectivity index (χ1) is 11.1. The molecule has 0 bridgehead atoms. The molecule has 2 aromatic carbocycles. The maximum absolute atomic E-state index is 12.7. The Morgan fingerprint density at radius 2 is 1.70 bits per heavy atom. The minimum atomic E-state index is -1.08. The normalized spacial score (nSPS) is 16.1. The number of ether oxygens (including phenoxy) is 1. The van der Waals surface area contributed by atoms with Crippen molar-refractivity contribution in [1.29, 1.82) is 0 Å². The molecule has 0 aromatic heterocycles. The van der Waals surface area contributed by atoms with Crippen LogP contribution in [-0.2, 0) is 14.3 Å². The van der Waals surface area contributed by atoms with Gasteiger partial charge in [0.15, 0.2) is 5.92 Å². The van der Waals surface area contributed by atoms with Gasteiger partial charge in [-0.25, -0.2) is 4.90 Å². The summed E-state index contributed by atoms with van der Waals surface area (Å²) in [6, 6.07) is 15.3. The molecule has 0 N–H and O–H groups in total. The van der Waals surface area contributed by atoms with Crippen LogP contribution >= 0.6 is 0 Å². The van der Waals surface area contributed by atoms with Crippen molar-refractivity contribution in [2.45, 2.75) is 12.8 Å². The smallest absolute Gasteiger partial charge is 0.323 e. The number of anilines is 1. The van der Waals surface area contributed by atoms with Crippen molar-refractivity contribution < 1.29 is 19.1 Å². The molecular formula is C18H15NO4. The predicted molar refractivity (Wildman–Crippen MR) is 84.1 cm³/mol. The van der Waals surface area contributed by atoms with Gasteiger partial charge in [0, 0.05) is 5.56 Å². The van der Waals surface area contributed by atoms with E-state index in [9.17, 15) is 14.4 Å². The van der Waals surface area contributed by atoms with Crippen LogP contribution < -0.4 is 4.90 Å². The summed E-state index contributed by atoms with van der Waals surface area (Å²) in [6.07, 6.45) is 0. The van der Waals surface area contributed by atoms with E-state index in [0.29, 0.717) is 16.8 Å². The lowest BCUT2D eigenvalue weighted by atomic mass is 10.0. The highest BCUT2D eigenvalue weighted by Crippen LogP contribution is 2.38. The first-order valence-corrected chi connectivity index (χ1v) is 7.34. The number of hydrogen-bond donors (Lipinski definition) is 0. The van der Waals surface area contributed by atoms with E-state index in [-0.39, 0.29) is 6.61 Å². The van der Waals surface area contributed by atoms with E-state index in [1.807, 2.05) is 0 Å². The van der Waals surface area contributed by atoms with Gasteiger partial charge in [-0.2, -0.15) is 0 Å². The molecule has 1 aliphatic heterocycles. The Morgan fingerprint density at radius 1 is 1.04 bits per heavy atom. The molecule has 0 aliphatic carbocycles. The molecule has 1 unspecified atom stereocenters. The second-order valence-electron chi connectivity index (χ2n) is 5.09. The minimum absolute atomic E-state index is 0.178. The third-order valence-corrected chi connectivity index (χ3v) is 3.70. The number of fused-ring (bicyclic) bond motifs is 1. The first kappa shape index (κ1) is 15.0. The molecule has 0 saturated carbocycles. The van der Waals surface area contributed by atoms with Crippen LogP contribution in [0.1, 0.15) is 28.8 Å². The summed E-state index contributed by atoms with van der Waals surface area (Å²) in [5.74, 6) is -2.74. The molecule has 116 valence electrons. The van der Waals surface area contributed by atoms with E-state index >= 15 is 0 Å². The number of esters is 1. The maximum Gasteiger partial charge on any atom is 0.323 e. The Kier molecular flexibility index (Phi) is 3.93. The highest BCUT2D eigenvalue weighted by atomic mass is 16.5. The van der Waals surface area contributed by atoms with Gasteiger partial charge in [0.25, 0.3) is 11.8 Å². The number of rotatable bonds is 3. The number of carbonyl (C=O) groups excluding carboxylic acids is 3. The van der Waals surface area contributed by atoms with Crippen LogP contribution in [0.4, 0.5) is 5.69 Å². The lowest BCUT2D eigenvalue weighted by molar-refractivity contribution is -0.147. The van der Waals surface area contributed by atoms with Crippen molar-refractivity contribution in [3.05, 3.63) is 65.7 Å². The number of amides is 2. The summed E-state index contributed by atoms with van der Waals surface area (Å²) in [4.78, 5) is 38.6. The Morgan fingerprint density at radius 3 is 2.39 bits per heavy atom. The van der Waals surface area contributed by atoms with E-state index in [4.69, 9.17) is 4.74 Å². The van der Waals surface area contributed by atoms with Crippen molar-refractivity contribution in [1.82, 2.24) is 0 Å². The Labute approximate surface area is 133 Å². The fourth-order valence-electron chi connectivity index (χ4n) is 2.69. The van der Waals surface area contributed by atoms with Crippen LogP contribution in [0.5, 0.6) is 0 Å². The minimum Gasteiger partial charge on any atom is -0.465 e. The molecule has 5 heteroatoms. The van der Waals surface area contributed by atoms with E-state index in [1.54, 1.807) is 61.5 Å². The lowest BCUT2D eigenvalue weighted by Gasteiger charge is -2.16. The van der Waals surface area contributed by atoms with E-state index in [1.165, 1.54) is 0 Å². The fraction of sp³-hybridized carbons (Fsp3) is 0.167. The number of imide groups is 1. The molecule has 2 amide bonds. The molecule has 1 aliphatic rings. The summed E-state index contributed by atoms with van der Waals surface area (Å²) in [6.45, 7) is 1.85. The Balaban J connectivity index is 2.04. The van der Waals surface area contributed by atoms with E-state index in [0.717, 1.165) is 4.90 Å². The van der Waals surface area contributed by atoms with Gasteiger partial charge in [-0.05, 0) is 30.7 Å². The van der Waals surface area contributed by atoms with E-state index in [2.05, 4.69) is 0 Å². The van der Waals surface area contributed by atoms with Crippen LogP contribution in [-0.4, -0.2) is 24.4 Å². The zero-order valence-corrected chi connectivity index (χ0v) is 12.6. The van der Waals surface area contributed by atoms with Crippen LogP contribution in [0.2, 0.25) is 0 Å². The van der Waals surface area contributed by atoms with Gasteiger partial charge in [0.2, 0.25) is 0 Å². The Hall–Kier alpha value is -2.95. The molecule has 23 heavy (non-hydrogen) atoms. The highest BCUT2D eigenvalue weighted by Gasteiger charge is 2.45. The summed E-state index contributed by atoms with van der Waals surface area (Å²) >= 11 is 0. The van der Waals surface area contributed by atoms with Crippen molar-refractivity contribution in [3.63, 3.8) is 0 Å². The Bertz CT molecular complexity index is 770. The monoisotopic (exact) mass is 309 g/mol. The zero-order valence-electron chi connectivity index (χ0n) is 12.6. The van der Waals surface area contributed by atoms with Crippen molar-refractivity contribution >= 4 is 23.5 Å². The number of nitrogens with zero attached hydrogens (tertiary/aromatic N) is 1. The first-order valence-electron chi connectivity index (χ1n) is 7.34. The third-order valence-electron chi connectivity index (χ3n) is 3.70. The SMILES string of the molecule is CCOC(=O)C1C(=O)N(C(=O)c2ccccc2)c2ccccc21. The summed E-state index contributed by atoms with van der Waals surface area (Å²) in [5, 5.41) is 0. The number of carbonyl (C=O) groups is 3. The molecular weight excluding hydrogens is 294 g/mol. The maximum atomic E-state index is 12.7. The van der Waals surface area contributed by atoms with Gasteiger partial charge < -0.3 is 4.74 Å². The number of benzene rings is 2. The van der Waals surface area contributed by atoms with Crippen molar-refractivity contribution in [3.8, 4) is 0 Å². The van der Waals surface area contributed by atoms with Gasteiger partial charge in [-0.1, -0.05) is 36.4 Å². The van der Waals surface area contributed by atoms with Crippen LogP contribution in [0.25, 0.3) is 0 Å². The molecule has 0 radical (unpaired) electrons. The van der Waals surface area contributed by atoms with Gasteiger partial charge >= 0.3 is 5.97 Å². The van der Waals surface area contributed by atoms with Crippen LogP contribution in [0.3, 0.4) is 0 Å². The molecule has 2 aromatic rings. The highest BCUT2D eigenvalue weighted by molar-refractivity contribution is 6.30. The van der Waals surface area contributed by atoms with Gasteiger partial charge in [0.05, 0.1) is 12.3 Å². The predicted octanol–water partition coefficient (Wildman–Crippen LogP) is 2.52. The molecule has 0 fully saturated rings. The summed E-state index contributed by atoms with van der Waals surface area (Å²) < 4.78 is 4.99. The van der Waals surface area contributed by atoms with Crippen LogP contribution in [0, 0.1) is 0 Å². The summed E-state index contributed by atoms with van der Waals surface area (Å²) in [5.41, 5.74) is 1.32. The standard InChI is InChI=1S/C18H15NO4/c1-2-23-18(22)15-13-10-6-7-11-14(13)19(17(15)21)16(20)12-8-4-3-5-9-12/h3-11,15H,2H2,1H3. The van der Waals surface area contributed by atoms with Gasteiger partial charge in [-0.3, -0.25) is 14.4 Å². The molecule has 3 rings (SSSR count). The summed E-state index contributed by atoms with van der Waals surface area (Å²) in [7, 11) is 0. The molecule has 0 saturated heterocycles. The quantitative estimate of drug-likeness (QED) is 0.496. The topological polar surface area (TPSA) is 63.7 Å². The molecule has 1 heterocycles. The molecule has 0 spiro atoms. The molecule has 5 nitrogen and oxygen atoms in total. The second kappa shape index (κ2) is 6.04. The van der Waals surface area contributed by atoms with Crippen LogP contribution in [0.15, 0.2) is 54.6 Å². The largest absolute Gasteiger partial charge is 0.465 e. The average molecular weight is 309 g/mol. The van der Waals surface area contributed by atoms with Crippen molar-refractivity contribution in [2.24, 2.45) is 0 Å². The molecule has 1 atom stereocenters. The number of hydrogen-bond acceptors (Lipinski definition) is 4. The fourth-order valence-corrected chi connectivity index (χ4v) is 2.69. The number of para-hydroxylation sites is 1. The van der Waals surface area contributed by atoms with Gasteiger partial charge in [-0.15, -0.1) is 0 Å². The lowest BCUT2D eigenvalue weighted by Crippen LogP contribution is -2.37. The third kappa shape index (κ3) is 2.50. The zero-order chi connectivity index (χ0) is 16.4. The average Bonchev–Trinajstić information content (AvgIpc) is 2.87. The second-order valence-corrected chi connectivity index (χ2v) is 5.09.